The number of rotatable bonds is 9. The van der Waals surface area contributed by atoms with E-state index >= 15 is 0 Å². The molecule has 8 heteroatoms. The predicted octanol–water partition coefficient (Wildman–Crippen LogP) is 2.20. The van der Waals surface area contributed by atoms with Crippen molar-refractivity contribution >= 4 is 15.7 Å². The summed E-state index contributed by atoms with van der Waals surface area (Å²) in [5.41, 5.74) is 2.29. The molecule has 1 aliphatic rings. The molecule has 2 aromatic rings. The van der Waals surface area contributed by atoms with Gasteiger partial charge < -0.3 is 9.64 Å². The zero-order valence-electron chi connectivity index (χ0n) is 17.3. The number of hydrogen-bond acceptors (Lipinski definition) is 6. The molecule has 1 N–H and O–H groups in total. The van der Waals surface area contributed by atoms with Crippen molar-refractivity contribution in [2.24, 2.45) is 0 Å². The summed E-state index contributed by atoms with van der Waals surface area (Å²) < 4.78 is 32.4. The van der Waals surface area contributed by atoms with Gasteiger partial charge in [0.2, 0.25) is 10.0 Å². The lowest BCUT2D eigenvalue weighted by Gasteiger charge is -2.36. The second-order valence-electron chi connectivity index (χ2n) is 7.35. The number of nitriles is 1. The zero-order valence-corrected chi connectivity index (χ0v) is 18.1. The highest BCUT2D eigenvalue weighted by molar-refractivity contribution is 7.88. The summed E-state index contributed by atoms with van der Waals surface area (Å²) >= 11 is 0. The van der Waals surface area contributed by atoms with Crippen molar-refractivity contribution in [1.82, 2.24) is 9.62 Å². The number of methoxy groups -OCH3 is 1. The van der Waals surface area contributed by atoms with Crippen molar-refractivity contribution in [3.63, 3.8) is 0 Å². The van der Waals surface area contributed by atoms with Crippen LogP contribution in [0.25, 0.3) is 0 Å². The Morgan fingerprint density at radius 2 is 1.83 bits per heavy atom. The second-order valence-corrected chi connectivity index (χ2v) is 9.15. The Labute approximate surface area is 178 Å². The lowest BCUT2D eigenvalue weighted by Crippen LogP contribution is -2.47. The minimum Gasteiger partial charge on any atom is -0.497 e. The van der Waals surface area contributed by atoms with Crippen LogP contribution in [0.15, 0.2) is 48.5 Å². The van der Waals surface area contributed by atoms with Crippen LogP contribution in [-0.2, 0) is 15.8 Å². The number of sulfonamides is 1. The van der Waals surface area contributed by atoms with Crippen molar-refractivity contribution in [2.45, 2.75) is 12.2 Å². The van der Waals surface area contributed by atoms with Crippen LogP contribution in [0.3, 0.4) is 0 Å². The van der Waals surface area contributed by atoms with E-state index in [1.54, 1.807) is 31.4 Å². The minimum atomic E-state index is -3.41. The van der Waals surface area contributed by atoms with Gasteiger partial charge in [0.25, 0.3) is 0 Å². The van der Waals surface area contributed by atoms with Gasteiger partial charge in [0.15, 0.2) is 0 Å². The number of nitrogens with one attached hydrogen (secondary N) is 1. The average Bonchev–Trinajstić information content (AvgIpc) is 2.77. The minimum absolute atomic E-state index is 0.108. The van der Waals surface area contributed by atoms with Gasteiger partial charge >= 0.3 is 0 Å². The van der Waals surface area contributed by atoms with E-state index in [1.807, 2.05) is 18.2 Å². The standard InChI is InChI=1S/C22H28N4O3S/c1-29-22-8-6-21(7-9-22)26-14-12-25(13-15-26)11-3-10-24-30(27,28)18-20-5-2-4-19(16-20)17-23/h2,4-9,16,24H,3,10-15,18H2,1H3. The number of piperazine rings is 1. The van der Waals surface area contributed by atoms with E-state index in [0.717, 1.165) is 44.9 Å². The molecule has 1 heterocycles. The van der Waals surface area contributed by atoms with Gasteiger partial charge in [-0.25, -0.2) is 13.1 Å². The molecule has 0 aromatic heterocycles. The summed E-state index contributed by atoms with van der Waals surface area (Å²) in [5, 5.41) is 8.93. The van der Waals surface area contributed by atoms with Gasteiger partial charge in [-0.3, -0.25) is 4.90 Å². The van der Waals surface area contributed by atoms with Gasteiger partial charge in [0.1, 0.15) is 5.75 Å². The van der Waals surface area contributed by atoms with E-state index in [1.165, 1.54) is 5.69 Å². The molecule has 1 saturated heterocycles. The third-order valence-corrected chi connectivity index (χ3v) is 6.55. The Morgan fingerprint density at radius 3 is 2.50 bits per heavy atom. The van der Waals surface area contributed by atoms with Crippen LogP contribution in [0.5, 0.6) is 5.75 Å². The van der Waals surface area contributed by atoms with Gasteiger partial charge in [-0.15, -0.1) is 0 Å². The maximum atomic E-state index is 12.3. The second kappa shape index (κ2) is 10.4. The average molecular weight is 429 g/mol. The molecule has 0 unspecified atom stereocenters. The number of anilines is 1. The lowest BCUT2D eigenvalue weighted by molar-refractivity contribution is 0.255. The normalized spacial score (nSPS) is 15.0. The molecule has 30 heavy (non-hydrogen) atoms. The third-order valence-electron chi connectivity index (χ3n) is 5.20. The fourth-order valence-corrected chi connectivity index (χ4v) is 4.73. The summed E-state index contributed by atoms with van der Waals surface area (Å²) in [6.45, 7) is 5.10. The summed E-state index contributed by atoms with van der Waals surface area (Å²) in [5.74, 6) is 0.751. The van der Waals surface area contributed by atoms with Crippen LogP contribution in [0.1, 0.15) is 17.5 Å². The van der Waals surface area contributed by atoms with Crippen LogP contribution >= 0.6 is 0 Å². The quantitative estimate of drug-likeness (QED) is 0.617. The van der Waals surface area contributed by atoms with Gasteiger partial charge in [-0.2, -0.15) is 5.26 Å². The van der Waals surface area contributed by atoms with Crippen molar-refractivity contribution in [2.75, 3.05) is 51.3 Å². The van der Waals surface area contributed by atoms with E-state index in [-0.39, 0.29) is 5.75 Å². The first-order chi connectivity index (χ1) is 14.5. The van der Waals surface area contributed by atoms with E-state index in [2.05, 4.69) is 26.7 Å². The smallest absolute Gasteiger partial charge is 0.215 e. The first-order valence-electron chi connectivity index (χ1n) is 10.1. The molecule has 0 aliphatic carbocycles. The highest BCUT2D eigenvalue weighted by Crippen LogP contribution is 2.20. The monoisotopic (exact) mass is 428 g/mol. The largest absolute Gasteiger partial charge is 0.497 e. The molecule has 0 atom stereocenters. The molecular weight excluding hydrogens is 400 g/mol. The van der Waals surface area contributed by atoms with Crippen molar-refractivity contribution < 1.29 is 13.2 Å². The summed E-state index contributed by atoms with van der Waals surface area (Å²) in [6, 6.07) is 16.8. The van der Waals surface area contributed by atoms with Crippen LogP contribution in [-0.4, -0.2) is 59.7 Å². The molecule has 0 radical (unpaired) electrons. The Hall–Kier alpha value is -2.60. The molecule has 0 saturated carbocycles. The molecular formula is C22H28N4O3S. The van der Waals surface area contributed by atoms with Crippen LogP contribution < -0.4 is 14.4 Å². The van der Waals surface area contributed by atoms with Gasteiger partial charge in [0.05, 0.1) is 24.5 Å². The third kappa shape index (κ3) is 6.46. The molecule has 1 fully saturated rings. The molecule has 2 aromatic carbocycles. The zero-order chi connectivity index (χ0) is 21.4. The highest BCUT2D eigenvalue weighted by atomic mass is 32.2. The van der Waals surface area contributed by atoms with Crippen LogP contribution in [0.4, 0.5) is 5.69 Å². The van der Waals surface area contributed by atoms with Crippen molar-refractivity contribution in [1.29, 1.82) is 5.26 Å². The van der Waals surface area contributed by atoms with E-state index < -0.39 is 10.0 Å². The van der Waals surface area contributed by atoms with Crippen molar-refractivity contribution in [3.05, 3.63) is 59.7 Å². The number of nitrogens with zero attached hydrogens (tertiary/aromatic N) is 3. The SMILES string of the molecule is COc1ccc(N2CCN(CCCNS(=O)(=O)Cc3cccc(C#N)c3)CC2)cc1. The fraction of sp³-hybridized carbons (Fsp3) is 0.409. The van der Waals surface area contributed by atoms with Gasteiger partial charge in [0, 0.05) is 38.4 Å². The van der Waals surface area contributed by atoms with E-state index in [0.29, 0.717) is 17.7 Å². The fourth-order valence-electron chi connectivity index (χ4n) is 3.55. The van der Waals surface area contributed by atoms with Crippen LogP contribution in [0, 0.1) is 11.3 Å². The number of benzene rings is 2. The summed E-state index contributed by atoms with van der Waals surface area (Å²) in [6.07, 6.45) is 0.764. The van der Waals surface area contributed by atoms with Crippen LogP contribution in [0.2, 0.25) is 0 Å². The van der Waals surface area contributed by atoms with E-state index in [4.69, 9.17) is 10.00 Å². The predicted molar refractivity (Wildman–Crippen MR) is 118 cm³/mol. The Balaban J connectivity index is 1.37. The number of hydrogen-bond donors (Lipinski definition) is 1. The Kier molecular flexibility index (Phi) is 7.69. The molecule has 160 valence electrons. The van der Waals surface area contributed by atoms with E-state index in [9.17, 15) is 8.42 Å². The van der Waals surface area contributed by atoms with Gasteiger partial charge in [-0.1, -0.05) is 12.1 Å². The molecule has 0 spiro atoms. The molecule has 7 nitrogen and oxygen atoms in total. The molecule has 0 amide bonds. The topological polar surface area (TPSA) is 85.7 Å². The lowest BCUT2D eigenvalue weighted by atomic mass is 10.2. The maximum Gasteiger partial charge on any atom is 0.215 e. The Bertz CT molecular complexity index is 963. The highest BCUT2D eigenvalue weighted by Gasteiger charge is 2.17. The maximum absolute atomic E-state index is 12.3. The molecule has 1 aliphatic heterocycles. The summed E-state index contributed by atoms with van der Waals surface area (Å²) in [4.78, 5) is 4.72. The summed E-state index contributed by atoms with van der Waals surface area (Å²) in [7, 11) is -1.74. The first-order valence-corrected chi connectivity index (χ1v) is 11.7. The molecule has 0 bridgehead atoms. The van der Waals surface area contributed by atoms with Gasteiger partial charge in [-0.05, 0) is 54.9 Å². The first kappa shape index (κ1) is 22.1. The Morgan fingerprint density at radius 1 is 1.10 bits per heavy atom. The van der Waals surface area contributed by atoms with Crippen molar-refractivity contribution in [3.8, 4) is 11.8 Å². The molecule has 3 rings (SSSR count). The number of ether oxygens (including phenoxy) is 1.